The lowest BCUT2D eigenvalue weighted by Gasteiger charge is -2.42. The van der Waals surface area contributed by atoms with E-state index < -0.39 is 16.2 Å². The third-order valence-electron chi connectivity index (χ3n) is 6.43. The number of nitro groups is 1. The quantitative estimate of drug-likeness (QED) is 0.475. The van der Waals surface area contributed by atoms with Gasteiger partial charge in [-0.2, -0.15) is 0 Å². The van der Waals surface area contributed by atoms with Gasteiger partial charge in [0.25, 0.3) is 0 Å². The van der Waals surface area contributed by atoms with Crippen LogP contribution in [0.3, 0.4) is 0 Å². The van der Waals surface area contributed by atoms with Crippen molar-refractivity contribution in [1.82, 2.24) is 14.0 Å². The van der Waals surface area contributed by atoms with Gasteiger partial charge in [-0.15, -0.1) is 0 Å². The van der Waals surface area contributed by atoms with E-state index in [0.717, 1.165) is 28.8 Å². The minimum Gasteiger partial charge on any atom is -0.496 e. The number of rotatable bonds is 4. The number of likely N-dealkylation sites (tertiary alicyclic amines) is 1. The lowest BCUT2D eigenvalue weighted by atomic mass is 9.83. The molecule has 1 amide bonds. The molecule has 2 atom stereocenters. The lowest BCUT2D eigenvalue weighted by molar-refractivity contribution is -0.386. The van der Waals surface area contributed by atoms with Crippen molar-refractivity contribution in [2.75, 3.05) is 20.2 Å². The highest BCUT2D eigenvalue weighted by atomic mass is 16.6. The maximum absolute atomic E-state index is 13.1. The number of benzene rings is 1. The number of hydrogen-bond acceptors (Lipinski definition) is 5. The van der Waals surface area contributed by atoms with E-state index in [1.807, 2.05) is 39.9 Å². The SMILES string of the molecule is COc1cccc2c1ccn2CC(=O)N1CC2C[C@H](C1)Cn1c2ccc([N+](=O)[O-])c1=O. The summed E-state index contributed by atoms with van der Waals surface area (Å²) < 4.78 is 8.86. The highest BCUT2D eigenvalue weighted by Crippen LogP contribution is 2.36. The van der Waals surface area contributed by atoms with Crippen LogP contribution in [0.5, 0.6) is 5.75 Å². The molecule has 0 aliphatic carbocycles. The van der Waals surface area contributed by atoms with Crippen molar-refractivity contribution in [2.24, 2.45) is 5.92 Å². The van der Waals surface area contributed by atoms with Crippen LogP contribution < -0.4 is 10.3 Å². The smallest absolute Gasteiger partial charge is 0.334 e. The fourth-order valence-corrected chi connectivity index (χ4v) is 5.03. The standard InChI is InChI=1S/C22H22N4O5/c1-31-20-4-2-3-18-16(20)7-8-23(18)13-21(27)24-10-14-9-15(12-24)17-5-6-19(26(29)30)22(28)25(17)11-14/h2-8,14-15H,9-13H2,1H3/t14-,15?/m1/s1. The third-order valence-corrected chi connectivity index (χ3v) is 6.43. The topological polar surface area (TPSA) is 99.6 Å². The number of fused-ring (bicyclic) bond motifs is 5. The van der Waals surface area contributed by atoms with Crippen LogP contribution in [0.4, 0.5) is 5.69 Å². The van der Waals surface area contributed by atoms with Crippen molar-refractivity contribution < 1.29 is 14.5 Å². The monoisotopic (exact) mass is 422 g/mol. The molecule has 31 heavy (non-hydrogen) atoms. The van der Waals surface area contributed by atoms with Crippen molar-refractivity contribution in [3.05, 3.63) is 68.8 Å². The number of nitrogens with zero attached hydrogens (tertiary/aromatic N) is 4. The summed E-state index contributed by atoms with van der Waals surface area (Å²) in [7, 11) is 1.63. The third kappa shape index (κ3) is 3.17. The van der Waals surface area contributed by atoms with E-state index in [-0.39, 0.29) is 24.3 Å². The molecule has 1 unspecified atom stereocenters. The van der Waals surface area contributed by atoms with E-state index in [1.54, 1.807) is 13.2 Å². The molecule has 160 valence electrons. The molecule has 3 aromatic rings. The molecule has 1 aromatic carbocycles. The molecule has 2 aliphatic rings. The highest BCUT2D eigenvalue weighted by Gasteiger charge is 2.37. The second-order valence-corrected chi connectivity index (χ2v) is 8.25. The Labute approximate surface area is 177 Å². The molecule has 2 aliphatic heterocycles. The van der Waals surface area contributed by atoms with E-state index >= 15 is 0 Å². The average Bonchev–Trinajstić information content (AvgIpc) is 3.17. The van der Waals surface area contributed by atoms with E-state index in [9.17, 15) is 19.7 Å². The molecule has 1 saturated heterocycles. The number of pyridine rings is 1. The maximum atomic E-state index is 13.1. The second kappa shape index (κ2) is 7.26. The summed E-state index contributed by atoms with van der Waals surface area (Å²) in [5.74, 6) is 0.905. The van der Waals surface area contributed by atoms with E-state index in [4.69, 9.17) is 4.74 Å². The first-order valence-electron chi connectivity index (χ1n) is 10.2. The van der Waals surface area contributed by atoms with Crippen LogP contribution in [0.15, 0.2) is 47.4 Å². The highest BCUT2D eigenvalue weighted by molar-refractivity contribution is 5.88. The van der Waals surface area contributed by atoms with Crippen molar-refractivity contribution >= 4 is 22.5 Å². The molecule has 4 heterocycles. The summed E-state index contributed by atoms with van der Waals surface area (Å²) in [4.78, 5) is 38.0. The summed E-state index contributed by atoms with van der Waals surface area (Å²) in [5, 5.41) is 12.1. The van der Waals surface area contributed by atoms with Crippen LogP contribution in [-0.2, 0) is 17.9 Å². The minimum atomic E-state index is -0.633. The molecule has 1 fully saturated rings. The Morgan fingerprint density at radius 2 is 2.03 bits per heavy atom. The molecule has 9 heteroatoms. The maximum Gasteiger partial charge on any atom is 0.334 e. The van der Waals surface area contributed by atoms with Crippen molar-refractivity contribution in [1.29, 1.82) is 0 Å². The molecule has 2 aromatic heterocycles. The number of methoxy groups -OCH3 is 1. The number of piperidine rings is 1. The van der Waals surface area contributed by atoms with Crippen LogP contribution in [-0.4, -0.2) is 45.1 Å². The summed E-state index contributed by atoms with van der Waals surface area (Å²) in [6.45, 7) is 1.69. The molecular weight excluding hydrogens is 400 g/mol. The van der Waals surface area contributed by atoms with Gasteiger partial charge in [0.15, 0.2) is 0 Å². The fraction of sp³-hybridized carbons (Fsp3) is 0.364. The van der Waals surface area contributed by atoms with Crippen molar-refractivity contribution in [2.45, 2.75) is 25.4 Å². The molecule has 9 nitrogen and oxygen atoms in total. The lowest BCUT2D eigenvalue weighted by Crippen LogP contribution is -2.50. The molecule has 0 radical (unpaired) electrons. The van der Waals surface area contributed by atoms with Gasteiger partial charge in [0.1, 0.15) is 12.3 Å². The number of ether oxygens (including phenoxy) is 1. The Morgan fingerprint density at radius 3 is 2.81 bits per heavy atom. The van der Waals surface area contributed by atoms with Crippen LogP contribution in [0.25, 0.3) is 10.9 Å². The summed E-state index contributed by atoms with van der Waals surface area (Å²) in [6, 6.07) is 10.7. The van der Waals surface area contributed by atoms with Gasteiger partial charge in [0.2, 0.25) is 5.91 Å². The number of carbonyl (C=O) groups is 1. The molecule has 0 saturated carbocycles. The predicted molar refractivity (Wildman–Crippen MR) is 113 cm³/mol. The van der Waals surface area contributed by atoms with Gasteiger partial charge in [0.05, 0.1) is 17.5 Å². The number of aromatic nitrogens is 2. The Kier molecular flexibility index (Phi) is 4.53. The Balaban J connectivity index is 1.38. The normalized spacial score (nSPS) is 19.8. The Hall–Kier alpha value is -3.62. The minimum absolute atomic E-state index is 0.00598. The van der Waals surface area contributed by atoms with Crippen LogP contribution in [0, 0.1) is 16.0 Å². The van der Waals surface area contributed by atoms with Crippen LogP contribution in [0.2, 0.25) is 0 Å². The molecular formula is C22H22N4O5. The largest absolute Gasteiger partial charge is 0.496 e. The van der Waals surface area contributed by atoms with E-state index in [0.29, 0.717) is 19.6 Å². The molecule has 5 rings (SSSR count). The zero-order chi connectivity index (χ0) is 21.7. The Morgan fingerprint density at radius 1 is 1.19 bits per heavy atom. The van der Waals surface area contributed by atoms with Gasteiger partial charge < -0.3 is 18.8 Å². The first-order valence-corrected chi connectivity index (χ1v) is 10.2. The van der Waals surface area contributed by atoms with E-state index in [1.165, 1.54) is 10.6 Å². The number of amides is 1. The fourth-order valence-electron chi connectivity index (χ4n) is 5.03. The summed E-state index contributed by atoms with van der Waals surface area (Å²) in [6.07, 6.45) is 2.77. The van der Waals surface area contributed by atoms with Crippen molar-refractivity contribution in [3.63, 3.8) is 0 Å². The predicted octanol–water partition coefficient (Wildman–Crippen LogP) is 2.37. The van der Waals surface area contributed by atoms with Gasteiger partial charge in [-0.25, -0.2) is 0 Å². The second-order valence-electron chi connectivity index (χ2n) is 8.25. The van der Waals surface area contributed by atoms with Gasteiger partial charge >= 0.3 is 11.2 Å². The van der Waals surface area contributed by atoms with Crippen LogP contribution in [0.1, 0.15) is 18.0 Å². The Bertz CT molecular complexity index is 1260. The van der Waals surface area contributed by atoms with E-state index in [2.05, 4.69) is 0 Å². The zero-order valence-corrected chi connectivity index (χ0v) is 17.1. The average molecular weight is 422 g/mol. The van der Waals surface area contributed by atoms with Gasteiger partial charge in [-0.1, -0.05) is 6.07 Å². The zero-order valence-electron chi connectivity index (χ0n) is 17.1. The van der Waals surface area contributed by atoms with Crippen molar-refractivity contribution in [3.8, 4) is 5.75 Å². The van der Waals surface area contributed by atoms with Crippen LogP contribution >= 0.6 is 0 Å². The van der Waals surface area contributed by atoms with Gasteiger partial charge in [-0.3, -0.25) is 19.7 Å². The summed E-state index contributed by atoms with van der Waals surface area (Å²) in [5.41, 5.74) is 0.769. The number of hydrogen-bond donors (Lipinski definition) is 0. The molecule has 0 N–H and O–H groups in total. The number of carbonyl (C=O) groups excluding carboxylic acids is 1. The first-order chi connectivity index (χ1) is 15.0. The van der Waals surface area contributed by atoms with Gasteiger partial charge in [-0.05, 0) is 36.6 Å². The summed E-state index contributed by atoms with van der Waals surface area (Å²) >= 11 is 0. The molecule has 2 bridgehead atoms. The van der Waals surface area contributed by atoms with Gasteiger partial charge in [0, 0.05) is 48.9 Å². The first kappa shape index (κ1) is 19.3. The molecule has 0 spiro atoms.